The average Bonchev–Trinajstić information content (AvgIpc) is 3.15. The number of nitrogens with zero attached hydrogens (tertiary/aromatic N) is 2. The monoisotopic (exact) mass is 353 g/mol. The number of benzene rings is 2. The maximum absolute atomic E-state index is 12.0. The van der Waals surface area contributed by atoms with E-state index in [0.29, 0.717) is 5.75 Å². The number of amides is 1. The minimum Gasteiger partial charge on any atom is -0.496 e. The zero-order valence-electron chi connectivity index (χ0n) is 13.8. The number of carbonyl (C=O) groups is 2. The van der Waals surface area contributed by atoms with Crippen LogP contribution in [0, 0.1) is 0 Å². The van der Waals surface area contributed by atoms with Gasteiger partial charge in [0.25, 0.3) is 5.91 Å². The molecule has 1 N–H and O–H groups in total. The number of methoxy groups -OCH3 is 1. The molecular weight excluding hydrogens is 338 g/mol. The molecule has 0 bridgehead atoms. The fourth-order valence-electron chi connectivity index (χ4n) is 2.15. The Bertz CT molecular complexity index is 908. The first-order valence-corrected chi connectivity index (χ1v) is 7.66. The SMILES string of the molecule is COc1ccccc1C(=O)OCC(=O)Nc1nnc(-c2ccccc2)o1. The number of esters is 1. The summed E-state index contributed by atoms with van der Waals surface area (Å²) in [6.07, 6.45) is 0. The molecule has 0 fully saturated rings. The van der Waals surface area contributed by atoms with Crippen molar-refractivity contribution in [1.82, 2.24) is 10.2 Å². The Morgan fingerprint density at radius 3 is 2.54 bits per heavy atom. The standard InChI is InChI=1S/C18H15N3O5/c1-24-14-10-6-5-9-13(14)17(23)25-11-15(22)19-18-21-20-16(26-18)12-7-3-2-4-8-12/h2-10H,11H2,1H3,(H,19,21,22). The summed E-state index contributed by atoms with van der Waals surface area (Å²) >= 11 is 0. The lowest BCUT2D eigenvalue weighted by Gasteiger charge is -2.07. The van der Waals surface area contributed by atoms with Gasteiger partial charge in [-0.3, -0.25) is 10.1 Å². The number of nitrogens with one attached hydrogen (secondary N) is 1. The number of aromatic nitrogens is 2. The molecule has 0 saturated heterocycles. The molecule has 0 aliphatic rings. The van der Waals surface area contributed by atoms with Crippen molar-refractivity contribution in [3.63, 3.8) is 0 Å². The highest BCUT2D eigenvalue weighted by atomic mass is 16.5. The first-order chi connectivity index (χ1) is 12.7. The van der Waals surface area contributed by atoms with Gasteiger partial charge in [-0.25, -0.2) is 4.79 Å². The van der Waals surface area contributed by atoms with Gasteiger partial charge in [0.15, 0.2) is 6.61 Å². The number of hydrogen-bond acceptors (Lipinski definition) is 7. The highest BCUT2D eigenvalue weighted by Crippen LogP contribution is 2.20. The predicted molar refractivity (Wildman–Crippen MR) is 91.6 cm³/mol. The number of carbonyl (C=O) groups excluding carboxylic acids is 2. The number of para-hydroxylation sites is 1. The number of rotatable bonds is 6. The maximum atomic E-state index is 12.0. The second-order valence-electron chi connectivity index (χ2n) is 5.10. The van der Waals surface area contributed by atoms with E-state index >= 15 is 0 Å². The number of anilines is 1. The predicted octanol–water partition coefficient (Wildman–Crippen LogP) is 2.54. The quantitative estimate of drug-likeness (QED) is 0.679. The number of hydrogen-bond donors (Lipinski definition) is 1. The van der Waals surface area contributed by atoms with E-state index < -0.39 is 18.5 Å². The van der Waals surface area contributed by atoms with Gasteiger partial charge in [0, 0.05) is 5.56 Å². The zero-order valence-corrected chi connectivity index (χ0v) is 13.8. The van der Waals surface area contributed by atoms with E-state index in [2.05, 4.69) is 15.5 Å². The molecule has 0 spiro atoms. The third-order valence-corrected chi connectivity index (χ3v) is 3.35. The van der Waals surface area contributed by atoms with Crippen LogP contribution in [0.5, 0.6) is 5.75 Å². The third kappa shape index (κ3) is 4.04. The molecule has 8 nitrogen and oxygen atoms in total. The fraction of sp³-hybridized carbons (Fsp3) is 0.111. The van der Waals surface area contributed by atoms with Crippen molar-refractivity contribution in [2.45, 2.75) is 0 Å². The first-order valence-electron chi connectivity index (χ1n) is 7.66. The second-order valence-corrected chi connectivity index (χ2v) is 5.10. The van der Waals surface area contributed by atoms with E-state index in [-0.39, 0.29) is 17.5 Å². The molecule has 0 saturated carbocycles. The Hall–Kier alpha value is -3.68. The van der Waals surface area contributed by atoms with Crippen LogP contribution in [0.3, 0.4) is 0 Å². The molecular formula is C18H15N3O5. The van der Waals surface area contributed by atoms with Crippen molar-refractivity contribution in [2.24, 2.45) is 0 Å². The summed E-state index contributed by atoms with van der Waals surface area (Å²) in [5.74, 6) is -0.640. The average molecular weight is 353 g/mol. The van der Waals surface area contributed by atoms with Crippen molar-refractivity contribution in [1.29, 1.82) is 0 Å². The van der Waals surface area contributed by atoms with Crippen molar-refractivity contribution in [3.8, 4) is 17.2 Å². The van der Waals surface area contributed by atoms with Crippen LogP contribution in [-0.4, -0.2) is 35.8 Å². The Labute approximate surface area is 148 Å². The van der Waals surface area contributed by atoms with Crippen LogP contribution < -0.4 is 10.1 Å². The lowest BCUT2D eigenvalue weighted by Crippen LogP contribution is -2.21. The molecule has 3 rings (SSSR count). The normalized spacial score (nSPS) is 10.2. The van der Waals surface area contributed by atoms with E-state index in [1.807, 2.05) is 18.2 Å². The van der Waals surface area contributed by atoms with Crippen LogP contribution in [-0.2, 0) is 9.53 Å². The van der Waals surface area contributed by atoms with E-state index in [9.17, 15) is 9.59 Å². The molecule has 0 unspecified atom stereocenters. The lowest BCUT2D eigenvalue weighted by atomic mass is 10.2. The Kier molecular flexibility index (Phi) is 5.23. The third-order valence-electron chi connectivity index (χ3n) is 3.35. The van der Waals surface area contributed by atoms with Gasteiger partial charge in [0.05, 0.1) is 7.11 Å². The topological polar surface area (TPSA) is 104 Å². The molecule has 2 aromatic carbocycles. The molecule has 0 aliphatic carbocycles. The van der Waals surface area contributed by atoms with Crippen LogP contribution in [0.15, 0.2) is 59.0 Å². The first kappa shape index (κ1) is 17.2. The van der Waals surface area contributed by atoms with E-state index in [4.69, 9.17) is 13.9 Å². The summed E-state index contributed by atoms with van der Waals surface area (Å²) in [6, 6.07) is 15.6. The lowest BCUT2D eigenvalue weighted by molar-refractivity contribution is -0.119. The van der Waals surface area contributed by atoms with Crippen LogP contribution in [0.1, 0.15) is 10.4 Å². The summed E-state index contributed by atoms with van der Waals surface area (Å²) in [7, 11) is 1.44. The second kappa shape index (κ2) is 7.93. The summed E-state index contributed by atoms with van der Waals surface area (Å²) in [4.78, 5) is 23.9. The molecule has 1 amide bonds. The molecule has 1 heterocycles. The van der Waals surface area contributed by atoms with E-state index in [1.165, 1.54) is 7.11 Å². The summed E-state index contributed by atoms with van der Waals surface area (Å²) in [5.41, 5.74) is 0.954. The molecule has 8 heteroatoms. The van der Waals surface area contributed by atoms with Gasteiger partial charge in [-0.15, -0.1) is 5.10 Å². The van der Waals surface area contributed by atoms with Gasteiger partial charge in [-0.1, -0.05) is 35.4 Å². The van der Waals surface area contributed by atoms with Crippen molar-refractivity contribution in [2.75, 3.05) is 19.0 Å². The summed E-state index contributed by atoms with van der Waals surface area (Å²) < 4.78 is 15.4. The smallest absolute Gasteiger partial charge is 0.342 e. The Morgan fingerprint density at radius 2 is 1.77 bits per heavy atom. The Morgan fingerprint density at radius 1 is 1.04 bits per heavy atom. The molecule has 3 aromatic rings. The van der Waals surface area contributed by atoms with Gasteiger partial charge < -0.3 is 13.9 Å². The van der Waals surface area contributed by atoms with Crippen LogP contribution in [0.25, 0.3) is 11.5 Å². The molecule has 26 heavy (non-hydrogen) atoms. The Balaban J connectivity index is 1.56. The van der Waals surface area contributed by atoms with Crippen molar-refractivity contribution in [3.05, 3.63) is 60.2 Å². The summed E-state index contributed by atoms with van der Waals surface area (Å²) in [5, 5.41) is 9.97. The largest absolute Gasteiger partial charge is 0.496 e. The zero-order chi connectivity index (χ0) is 18.4. The van der Waals surface area contributed by atoms with E-state index in [0.717, 1.165) is 5.56 Å². The summed E-state index contributed by atoms with van der Waals surface area (Å²) in [6.45, 7) is -0.500. The maximum Gasteiger partial charge on any atom is 0.342 e. The van der Waals surface area contributed by atoms with Gasteiger partial charge in [-0.2, -0.15) is 0 Å². The molecule has 0 atom stereocenters. The molecule has 0 radical (unpaired) electrons. The highest BCUT2D eigenvalue weighted by Gasteiger charge is 2.16. The van der Waals surface area contributed by atoms with Gasteiger partial charge >= 0.3 is 12.0 Å². The molecule has 1 aromatic heterocycles. The van der Waals surface area contributed by atoms with E-state index in [1.54, 1.807) is 36.4 Å². The minimum absolute atomic E-state index is 0.0813. The van der Waals surface area contributed by atoms with Crippen LogP contribution in [0.2, 0.25) is 0 Å². The highest BCUT2D eigenvalue weighted by molar-refractivity contribution is 5.96. The molecule has 132 valence electrons. The van der Waals surface area contributed by atoms with Gasteiger partial charge in [0.1, 0.15) is 11.3 Å². The van der Waals surface area contributed by atoms with Crippen LogP contribution >= 0.6 is 0 Å². The van der Waals surface area contributed by atoms with Crippen molar-refractivity contribution < 1.29 is 23.5 Å². The van der Waals surface area contributed by atoms with Gasteiger partial charge in [-0.05, 0) is 24.3 Å². The van der Waals surface area contributed by atoms with Crippen molar-refractivity contribution >= 4 is 17.9 Å². The number of ether oxygens (including phenoxy) is 2. The fourth-order valence-corrected chi connectivity index (χ4v) is 2.15. The van der Waals surface area contributed by atoms with Gasteiger partial charge in [0.2, 0.25) is 5.89 Å². The minimum atomic E-state index is -0.673. The van der Waals surface area contributed by atoms with Crippen LogP contribution in [0.4, 0.5) is 6.01 Å². The molecule has 0 aliphatic heterocycles.